The molecule has 1 aliphatic rings. The zero-order valence-corrected chi connectivity index (χ0v) is 15.0. The number of hydrogen-bond donors (Lipinski definition) is 1. The van der Waals surface area contributed by atoms with Crippen molar-refractivity contribution in [3.05, 3.63) is 51.7 Å². The number of benzene rings is 1. The van der Waals surface area contributed by atoms with Gasteiger partial charge in [-0.15, -0.1) is 11.3 Å². The molecule has 0 unspecified atom stereocenters. The molecule has 1 aliphatic carbocycles. The molecule has 1 aromatic heterocycles. The molecule has 0 bridgehead atoms. The summed E-state index contributed by atoms with van der Waals surface area (Å²) in [5, 5.41) is 12.5. The van der Waals surface area contributed by atoms with Crippen molar-refractivity contribution in [1.29, 1.82) is 5.26 Å². The summed E-state index contributed by atoms with van der Waals surface area (Å²) >= 11 is 1.40. The molecule has 0 aliphatic heterocycles. The Kier molecular flexibility index (Phi) is 5.33. The Morgan fingerprint density at radius 3 is 2.92 bits per heavy atom. The number of carbonyl (C=O) groups is 2. The molecular weight excluding hydrogens is 355 g/mol. The Morgan fingerprint density at radius 1 is 1.42 bits per heavy atom. The molecule has 2 aromatic rings. The van der Waals surface area contributed by atoms with Crippen LogP contribution in [0.15, 0.2) is 24.3 Å². The molecule has 1 aromatic carbocycles. The average molecular weight is 372 g/mol. The van der Waals surface area contributed by atoms with Crippen LogP contribution in [0.3, 0.4) is 0 Å². The Bertz CT molecular complexity index is 901. The van der Waals surface area contributed by atoms with E-state index in [4.69, 9.17) is 4.74 Å². The molecule has 1 amide bonds. The number of amides is 1. The number of rotatable bonds is 4. The molecule has 3 rings (SSSR count). The molecule has 0 saturated heterocycles. The maximum atomic E-state index is 13.5. The number of ether oxygens (including phenoxy) is 1. The van der Waals surface area contributed by atoms with Gasteiger partial charge in [0.25, 0.3) is 5.91 Å². The fourth-order valence-corrected chi connectivity index (χ4v) is 4.33. The quantitative estimate of drug-likeness (QED) is 0.831. The van der Waals surface area contributed by atoms with Gasteiger partial charge in [0.05, 0.1) is 11.1 Å². The summed E-state index contributed by atoms with van der Waals surface area (Å²) in [4.78, 5) is 25.1. The number of carbonyl (C=O) groups excluding carboxylic acids is 2. The first-order chi connectivity index (χ1) is 12.5. The van der Waals surface area contributed by atoms with Crippen LogP contribution in [0, 0.1) is 23.1 Å². The number of fused-ring (bicyclic) bond motifs is 1. The van der Waals surface area contributed by atoms with Crippen molar-refractivity contribution in [2.75, 3.05) is 11.9 Å². The highest BCUT2D eigenvalue weighted by Gasteiger charge is 2.25. The van der Waals surface area contributed by atoms with Crippen LogP contribution < -0.4 is 5.32 Å². The molecule has 0 spiro atoms. The van der Waals surface area contributed by atoms with Crippen LogP contribution in [-0.2, 0) is 22.4 Å². The standard InChI is InChI=1S/C19H17FN2O3S/c1-11-6-7-12-14(9-21)18(26-16(12)8-11)22-17(23)10-25-19(24)13-4-2-3-5-15(13)20/h2-5,11H,6-8,10H2,1H3,(H,22,23)/t11-/m0/s1. The third-order valence-electron chi connectivity index (χ3n) is 4.30. The van der Waals surface area contributed by atoms with Gasteiger partial charge in [0.2, 0.25) is 0 Å². The van der Waals surface area contributed by atoms with Gasteiger partial charge in [-0.25, -0.2) is 9.18 Å². The number of nitriles is 1. The van der Waals surface area contributed by atoms with Crippen molar-refractivity contribution in [1.82, 2.24) is 0 Å². The lowest BCUT2D eigenvalue weighted by Crippen LogP contribution is -2.21. The van der Waals surface area contributed by atoms with Crippen molar-refractivity contribution in [3.8, 4) is 6.07 Å². The fourth-order valence-electron chi connectivity index (χ4n) is 2.96. The van der Waals surface area contributed by atoms with Crippen molar-refractivity contribution in [3.63, 3.8) is 0 Å². The third kappa shape index (κ3) is 3.75. The summed E-state index contributed by atoms with van der Waals surface area (Å²) in [6.07, 6.45) is 2.74. The SMILES string of the molecule is C[C@H]1CCc2c(sc(NC(=O)COC(=O)c3ccccc3F)c2C#N)C1. The van der Waals surface area contributed by atoms with E-state index >= 15 is 0 Å². The zero-order valence-electron chi connectivity index (χ0n) is 14.2. The Balaban J connectivity index is 1.65. The van der Waals surface area contributed by atoms with Crippen LogP contribution in [0.25, 0.3) is 0 Å². The summed E-state index contributed by atoms with van der Waals surface area (Å²) in [5.74, 6) is -1.61. The summed E-state index contributed by atoms with van der Waals surface area (Å²) in [7, 11) is 0. The van der Waals surface area contributed by atoms with E-state index in [1.807, 2.05) is 0 Å². The van der Waals surface area contributed by atoms with Gasteiger partial charge < -0.3 is 10.1 Å². The van der Waals surface area contributed by atoms with E-state index < -0.39 is 24.3 Å². The smallest absolute Gasteiger partial charge is 0.341 e. The van der Waals surface area contributed by atoms with E-state index in [1.165, 1.54) is 29.5 Å². The number of anilines is 1. The van der Waals surface area contributed by atoms with Gasteiger partial charge in [0.1, 0.15) is 16.9 Å². The molecular formula is C19H17FN2O3S. The minimum Gasteiger partial charge on any atom is -0.452 e. The maximum absolute atomic E-state index is 13.5. The second-order valence-corrected chi connectivity index (χ2v) is 7.38. The number of halogens is 1. The highest BCUT2D eigenvalue weighted by atomic mass is 32.1. The van der Waals surface area contributed by atoms with Crippen LogP contribution >= 0.6 is 11.3 Å². The van der Waals surface area contributed by atoms with Crippen LogP contribution in [-0.4, -0.2) is 18.5 Å². The topological polar surface area (TPSA) is 79.2 Å². The van der Waals surface area contributed by atoms with Gasteiger partial charge in [-0.1, -0.05) is 19.1 Å². The van der Waals surface area contributed by atoms with E-state index in [2.05, 4.69) is 18.3 Å². The van der Waals surface area contributed by atoms with Crippen LogP contribution in [0.5, 0.6) is 0 Å². The van der Waals surface area contributed by atoms with Crippen LogP contribution in [0.2, 0.25) is 0 Å². The predicted molar refractivity (Wildman–Crippen MR) is 95.5 cm³/mol. The van der Waals surface area contributed by atoms with Crippen molar-refractivity contribution >= 4 is 28.2 Å². The monoisotopic (exact) mass is 372 g/mol. The minimum absolute atomic E-state index is 0.224. The number of nitrogens with zero attached hydrogens (tertiary/aromatic N) is 1. The molecule has 0 saturated carbocycles. The van der Waals surface area contributed by atoms with Gasteiger partial charge in [-0.3, -0.25) is 4.79 Å². The first-order valence-corrected chi connectivity index (χ1v) is 9.07. The first-order valence-electron chi connectivity index (χ1n) is 8.25. The van der Waals surface area contributed by atoms with Crippen LogP contribution in [0.1, 0.15) is 39.7 Å². The maximum Gasteiger partial charge on any atom is 0.341 e. The van der Waals surface area contributed by atoms with Gasteiger partial charge in [-0.2, -0.15) is 5.26 Å². The normalized spacial score (nSPS) is 15.7. The van der Waals surface area contributed by atoms with E-state index in [-0.39, 0.29) is 5.56 Å². The fraction of sp³-hybridized carbons (Fsp3) is 0.316. The summed E-state index contributed by atoms with van der Waals surface area (Å²) in [6.45, 7) is 1.62. The Labute approximate surface area is 154 Å². The second kappa shape index (κ2) is 7.67. The van der Waals surface area contributed by atoms with E-state index in [9.17, 15) is 19.2 Å². The lowest BCUT2D eigenvalue weighted by atomic mass is 9.89. The van der Waals surface area contributed by atoms with Crippen molar-refractivity contribution in [2.45, 2.75) is 26.2 Å². The molecule has 134 valence electrons. The molecule has 1 N–H and O–H groups in total. The number of hydrogen-bond acceptors (Lipinski definition) is 5. The van der Waals surface area contributed by atoms with Crippen molar-refractivity contribution in [2.24, 2.45) is 5.92 Å². The molecule has 1 heterocycles. The third-order valence-corrected chi connectivity index (χ3v) is 5.47. The van der Waals surface area contributed by atoms with Crippen LogP contribution in [0.4, 0.5) is 9.39 Å². The first kappa shape index (κ1) is 18.1. The Morgan fingerprint density at radius 2 is 2.19 bits per heavy atom. The second-order valence-electron chi connectivity index (χ2n) is 6.27. The van der Waals surface area contributed by atoms with Crippen molar-refractivity contribution < 1.29 is 18.7 Å². The van der Waals surface area contributed by atoms with Gasteiger partial charge in [0, 0.05) is 4.88 Å². The molecule has 1 atom stereocenters. The molecule has 7 heteroatoms. The lowest BCUT2D eigenvalue weighted by Gasteiger charge is -2.17. The summed E-state index contributed by atoms with van der Waals surface area (Å²) in [5.41, 5.74) is 1.28. The summed E-state index contributed by atoms with van der Waals surface area (Å²) < 4.78 is 18.4. The molecule has 0 fully saturated rings. The number of thiophene rings is 1. The number of esters is 1. The van der Waals surface area contributed by atoms with Gasteiger partial charge in [0.15, 0.2) is 6.61 Å². The average Bonchev–Trinajstić information content (AvgIpc) is 2.95. The minimum atomic E-state index is -0.905. The molecule has 5 nitrogen and oxygen atoms in total. The van der Waals surface area contributed by atoms with E-state index in [1.54, 1.807) is 0 Å². The summed E-state index contributed by atoms with van der Waals surface area (Å²) in [6, 6.07) is 7.57. The Hall–Kier alpha value is -2.72. The van der Waals surface area contributed by atoms with Gasteiger partial charge >= 0.3 is 5.97 Å². The van der Waals surface area contributed by atoms with Gasteiger partial charge in [-0.05, 0) is 42.9 Å². The highest BCUT2D eigenvalue weighted by Crippen LogP contribution is 2.39. The van der Waals surface area contributed by atoms with E-state index in [0.29, 0.717) is 16.5 Å². The zero-order chi connectivity index (χ0) is 18.7. The predicted octanol–water partition coefficient (Wildman–Crippen LogP) is 3.68. The largest absolute Gasteiger partial charge is 0.452 e. The highest BCUT2D eigenvalue weighted by molar-refractivity contribution is 7.16. The lowest BCUT2D eigenvalue weighted by molar-refractivity contribution is -0.119. The number of nitrogens with one attached hydrogen (secondary N) is 1. The molecule has 0 radical (unpaired) electrons. The molecule has 26 heavy (non-hydrogen) atoms. The van der Waals surface area contributed by atoms with E-state index in [0.717, 1.165) is 35.8 Å².